The van der Waals surface area contributed by atoms with Gasteiger partial charge in [0.05, 0.1) is 30.9 Å². The van der Waals surface area contributed by atoms with E-state index >= 15 is 0 Å². The van der Waals surface area contributed by atoms with Crippen LogP contribution < -0.4 is 26.3 Å². The number of nitrogens with zero attached hydrogens (tertiary/aromatic N) is 3. The molecule has 0 bridgehead atoms. The van der Waals surface area contributed by atoms with Crippen LogP contribution in [-0.2, 0) is 16.8 Å². The maximum Gasteiger partial charge on any atom is 0.437 e. The summed E-state index contributed by atoms with van der Waals surface area (Å²) in [5, 5.41) is 18.0. The number of hydrogen-bond donors (Lipinski definition) is 2. The number of carbonyl (C=O) groups is 2. The summed E-state index contributed by atoms with van der Waals surface area (Å²) >= 11 is 1.16. The Morgan fingerprint density at radius 1 is 1.23 bits per heavy atom. The fraction of sp³-hybridized carbons (Fsp3) is 0.333. The fourth-order valence-electron chi connectivity index (χ4n) is 3.07. The van der Waals surface area contributed by atoms with Gasteiger partial charge in [-0.2, -0.15) is 4.68 Å². The molecule has 35 heavy (non-hydrogen) atoms. The number of primary amides is 1. The summed E-state index contributed by atoms with van der Waals surface area (Å²) in [4.78, 5) is 48.6. The zero-order valence-electron chi connectivity index (χ0n) is 19.5. The molecule has 0 aliphatic carbocycles. The van der Waals surface area contributed by atoms with Crippen molar-refractivity contribution in [2.24, 2.45) is 5.73 Å². The molecule has 0 spiro atoms. The van der Waals surface area contributed by atoms with Crippen molar-refractivity contribution in [3.05, 3.63) is 48.6 Å². The first-order chi connectivity index (χ1) is 16.3. The van der Waals surface area contributed by atoms with E-state index in [1.807, 2.05) is 20.8 Å². The molecule has 0 aliphatic heterocycles. The van der Waals surface area contributed by atoms with Crippen LogP contribution in [0.1, 0.15) is 35.3 Å². The predicted octanol–water partition coefficient (Wildman–Crippen LogP) is 2.53. The van der Waals surface area contributed by atoms with E-state index in [9.17, 15) is 24.5 Å². The lowest BCUT2D eigenvalue weighted by Crippen LogP contribution is -2.26. The monoisotopic (exact) mass is 505 g/mol. The topological polar surface area (TPSA) is 182 Å². The minimum Gasteiger partial charge on any atom is -0.493 e. The van der Waals surface area contributed by atoms with Crippen LogP contribution in [-0.4, -0.2) is 40.7 Å². The fourth-order valence-corrected chi connectivity index (χ4v) is 4.09. The second kappa shape index (κ2) is 9.58. The van der Waals surface area contributed by atoms with E-state index in [0.29, 0.717) is 4.68 Å². The molecule has 186 valence electrons. The standard InChI is InChI=1S/C21H23N5O8S/c1-21(2,3)15-7-11(17(35-15)18(22)28)23-16(27)9-25-20(29)34-19(24-25)10-6-13(32-4)14(33-5)8-12(10)26(30)31/h6-8H,9H2,1-5H3,(H2,22,28)(H,23,27). The highest BCUT2D eigenvalue weighted by Crippen LogP contribution is 2.39. The molecule has 0 atom stereocenters. The molecule has 0 aliphatic rings. The van der Waals surface area contributed by atoms with Gasteiger partial charge in [-0.15, -0.1) is 16.4 Å². The van der Waals surface area contributed by atoms with Crippen LogP contribution in [0.2, 0.25) is 0 Å². The number of benzene rings is 1. The molecule has 2 amide bonds. The number of ether oxygens (including phenoxy) is 2. The molecule has 14 heteroatoms. The molecule has 3 aromatic rings. The number of nitro benzene ring substituents is 1. The third-order valence-electron chi connectivity index (χ3n) is 4.80. The lowest BCUT2D eigenvalue weighted by atomic mass is 9.94. The van der Waals surface area contributed by atoms with E-state index in [1.54, 1.807) is 6.07 Å². The van der Waals surface area contributed by atoms with Crippen molar-refractivity contribution in [2.45, 2.75) is 32.7 Å². The Kier molecular flexibility index (Phi) is 6.96. The molecule has 3 rings (SSSR count). The van der Waals surface area contributed by atoms with Gasteiger partial charge in [0, 0.05) is 10.9 Å². The molecule has 0 radical (unpaired) electrons. The van der Waals surface area contributed by atoms with Gasteiger partial charge in [-0.3, -0.25) is 19.7 Å². The predicted molar refractivity (Wildman–Crippen MR) is 126 cm³/mol. The summed E-state index contributed by atoms with van der Waals surface area (Å²) in [5.41, 5.74) is 4.77. The maximum absolute atomic E-state index is 12.6. The Hall–Kier alpha value is -4.20. The smallest absolute Gasteiger partial charge is 0.437 e. The summed E-state index contributed by atoms with van der Waals surface area (Å²) in [6, 6.07) is 3.99. The summed E-state index contributed by atoms with van der Waals surface area (Å²) in [6.45, 7) is 5.25. The average Bonchev–Trinajstić information content (AvgIpc) is 3.36. The third kappa shape index (κ3) is 5.32. The molecule has 1 aromatic carbocycles. The second-order valence-electron chi connectivity index (χ2n) is 8.33. The normalized spacial score (nSPS) is 11.2. The Morgan fingerprint density at radius 3 is 2.40 bits per heavy atom. The second-order valence-corrected chi connectivity index (χ2v) is 9.38. The number of methoxy groups -OCH3 is 2. The molecule has 0 unspecified atom stereocenters. The van der Waals surface area contributed by atoms with Gasteiger partial charge in [0.2, 0.25) is 5.91 Å². The minimum absolute atomic E-state index is 0.0970. The molecule has 13 nitrogen and oxygen atoms in total. The van der Waals surface area contributed by atoms with Crippen LogP contribution in [0.4, 0.5) is 11.4 Å². The number of nitrogens with two attached hydrogens (primary N) is 1. The van der Waals surface area contributed by atoms with Gasteiger partial charge in [-0.25, -0.2) is 4.79 Å². The van der Waals surface area contributed by atoms with Crippen molar-refractivity contribution in [1.82, 2.24) is 9.78 Å². The van der Waals surface area contributed by atoms with Gasteiger partial charge < -0.3 is 24.9 Å². The van der Waals surface area contributed by atoms with E-state index in [2.05, 4.69) is 10.4 Å². The highest BCUT2D eigenvalue weighted by Gasteiger charge is 2.27. The number of hydrogen-bond acceptors (Lipinski definition) is 10. The first-order valence-electron chi connectivity index (χ1n) is 10.1. The molecular weight excluding hydrogens is 482 g/mol. The van der Waals surface area contributed by atoms with E-state index in [4.69, 9.17) is 19.6 Å². The van der Waals surface area contributed by atoms with Crippen molar-refractivity contribution < 1.29 is 28.4 Å². The van der Waals surface area contributed by atoms with Gasteiger partial charge in [0.25, 0.3) is 17.5 Å². The average molecular weight is 506 g/mol. The Morgan fingerprint density at radius 2 is 1.86 bits per heavy atom. The first-order valence-corrected chi connectivity index (χ1v) is 10.9. The number of rotatable bonds is 8. The Labute approximate surface area is 202 Å². The number of thiophene rings is 1. The van der Waals surface area contributed by atoms with Gasteiger partial charge in [-0.05, 0) is 11.5 Å². The number of aromatic nitrogens is 2. The number of carbonyl (C=O) groups excluding carboxylic acids is 2. The van der Waals surface area contributed by atoms with E-state index in [1.165, 1.54) is 20.3 Å². The van der Waals surface area contributed by atoms with Crippen molar-refractivity contribution in [3.63, 3.8) is 0 Å². The van der Waals surface area contributed by atoms with Crippen molar-refractivity contribution in [2.75, 3.05) is 19.5 Å². The Bertz CT molecular complexity index is 1360. The van der Waals surface area contributed by atoms with Gasteiger partial charge >= 0.3 is 5.76 Å². The van der Waals surface area contributed by atoms with Crippen LogP contribution in [0, 0.1) is 10.1 Å². The SMILES string of the molecule is COc1cc(-c2nn(CC(=O)Nc3cc(C(C)(C)C)sc3C(N)=O)c(=O)o2)c([N+](=O)[O-])cc1OC. The Balaban J connectivity index is 1.92. The van der Waals surface area contributed by atoms with Gasteiger partial charge in [0.15, 0.2) is 11.5 Å². The molecular formula is C21H23N5O8S. The highest BCUT2D eigenvalue weighted by atomic mass is 32.1. The molecule has 0 saturated heterocycles. The largest absolute Gasteiger partial charge is 0.493 e. The number of nitrogens with one attached hydrogen (secondary N) is 1. The summed E-state index contributed by atoms with van der Waals surface area (Å²) < 4.78 is 16.0. The molecule has 2 heterocycles. The molecule has 3 N–H and O–H groups in total. The van der Waals surface area contributed by atoms with Crippen LogP contribution in [0.5, 0.6) is 11.5 Å². The van der Waals surface area contributed by atoms with E-state index in [-0.39, 0.29) is 38.9 Å². The zero-order chi connectivity index (χ0) is 26.1. The van der Waals surface area contributed by atoms with E-state index < -0.39 is 34.7 Å². The van der Waals surface area contributed by atoms with Crippen LogP contribution in [0.25, 0.3) is 11.5 Å². The number of anilines is 1. The van der Waals surface area contributed by atoms with Crippen LogP contribution in [0.3, 0.4) is 0 Å². The minimum atomic E-state index is -1.02. The number of nitro groups is 1. The first kappa shape index (κ1) is 25.4. The van der Waals surface area contributed by atoms with Gasteiger partial charge in [0.1, 0.15) is 17.0 Å². The quantitative estimate of drug-likeness (QED) is 0.343. The van der Waals surface area contributed by atoms with Crippen molar-refractivity contribution in [1.29, 1.82) is 0 Å². The van der Waals surface area contributed by atoms with Crippen LogP contribution in [0.15, 0.2) is 27.4 Å². The lowest BCUT2D eigenvalue weighted by molar-refractivity contribution is -0.384. The van der Waals surface area contributed by atoms with E-state index in [0.717, 1.165) is 22.3 Å². The summed E-state index contributed by atoms with van der Waals surface area (Å²) in [5.74, 6) is -2.56. The number of amides is 2. The highest BCUT2D eigenvalue weighted by molar-refractivity contribution is 7.14. The van der Waals surface area contributed by atoms with Crippen molar-refractivity contribution >= 4 is 34.5 Å². The van der Waals surface area contributed by atoms with Crippen molar-refractivity contribution in [3.8, 4) is 23.0 Å². The van der Waals surface area contributed by atoms with Crippen LogP contribution >= 0.6 is 11.3 Å². The third-order valence-corrected chi connectivity index (χ3v) is 6.37. The maximum atomic E-state index is 12.6. The molecule has 0 saturated carbocycles. The lowest BCUT2D eigenvalue weighted by Gasteiger charge is -2.15. The summed E-state index contributed by atoms with van der Waals surface area (Å²) in [6.07, 6.45) is 0. The summed E-state index contributed by atoms with van der Waals surface area (Å²) in [7, 11) is 2.65. The molecule has 2 aromatic heterocycles. The van der Waals surface area contributed by atoms with Gasteiger partial charge in [-0.1, -0.05) is 20.8 Å². The zero-order valence-corrected chi connectivity index (χ0v) is 20.3. The molecule has 0 fully saturated rings.